The summed E-state index contributed by atoms with van der Waals surface area (Å²) in [6.07, 6.45) is 1.49. The van der Waals surface area contributed by atoms with Gasteiger partial charge in [-0.15, -0.1) is 0 Å². The SMILES string of the molecule is O.O=C(O)c1cn2c(cc(Cl)c3ccc(Br)cc32)n1. The van der Waals surface area contributed by atoms with Crippen LogP contribution in [0.15, 0.2) is 34.9 Å². The van der Waals surface area contributed by atoms with Crippen LogP contribution in [0, 0.1) is 0 Å². The molecule has 2 heterocycles. The molecule has 0 aliphatic rings. The van der Waals surface area contributed by atoms with Gasteiger partial charge in [-0.1, -0.05) is 33.6 Å². The van der Waals surface area contributed by atoms with Gasteiger partial charge in [0.15, 0.2) is 5.69 Å². The van der Waals surface area contributed by atoms with E-state index in [2.05, 4.69) is 20.9 Å². The standard InChI is InChI=1S/C12H6BrClN2O2.H2O/c13-6-1-2-7-8(14)4-11-15-9(12(17)18)5-16(11)10(7)3-6;/h1-5H,(H,17,18);1H2. The Hall–Kier alpha value is -1.63. The number of hydrogen-bond donors (Lipinski definition) is 1. The molecule has 0 saturated heterocycles. The van der Waals surface area contributed by atoms with Gasteiger partial charge in [-0.3, -0.25) is 4.40 Å². The van der Waals surface area contributed by atoms with Crippen molar-refractivity contribution in [3.63, 3.8) is 0 Å². The molecule has 0 aliphatic heterocycles. The molecule has 0 atom stereocenters. The lowest BCUT2D eigenvalue weighted by atomic mass is 10.2. The minimum atomic E-state index is -1.06. The third kappa shape index (κ3) is 2.18. The van der Waals surface area contributed by atoms with E-state index in [9.17, 15) is 4.79 Å². The fourth-order valence-corrected chi connectivity index (χ4v) is 2.50. The first kappa shape index (κ1) is 13.8. The Labute approximate surface area is 120 Å². The first-order valence-electron chi connectivity index (χ1n) is 5.06. The highest BCUT2D eigenvalue weighted by atomic mass is 79.9. The quantitative estimate of drug-likeness (QED) is 0.737. The lowest BCUT2D eigenvalue weighted by molar-refractivity contribution is 0.0691. The van der Waals surface area contributed by atoms with E-state index in [-0.39, 0.29) is 11.2 Å². The van der Waals surface area contributed by atoms with Gasteiger partial charge in [-0.05, 0) is 12.1 Å². The van der Waals surface area contributed by atoms with Crippen LogP contribution in [-0.4, -0.2) is 25.9 Å². The van der Waals surface area contributed by atoms with E-state index in [4.69, 9.17) is 16.7 Å². The summed E-state index contributed by atoms with van der Waals surface area (Å²) in [5.74, 6) is -1.06. The first-order valence-corrected chi connectivity index (χ1v) is 6.23. The highest BCUT2D eigenvalue weighted by Gasteiger charge is 2.12. The highest BCUT2D eigenvalue weighted by Crippen LogP contribution is 2.28. The third-order valence-corrected chi connectivity index (χ3v) is 3.49. The second kappa shape index (κ2) is 4.80. The molecule has 19 heavy (non-hydrogen) atoms. The van der Waals surface area contributed by atoms with Crippen LogP contribution in [0.5, 0.6) is 0 Å². The van der Waals surface area contributed by atoms with Gasteiger partial charge in [-0.2, -0.15) is 0 Å². The molecule has 0 spiro atoms. The average Bonchev–Trinajstić information content (AvgIpc) is 2.73. The van der Waals surface area contributed by atoms with Crippen LogP contribution < -0.4 is 0 Å². The Morgan fingerprint density at radius 1 is 1.37 bits per heavy atom. The van der Waals surface area contributed by atoms with Crippen LogP contribution >= 0.6 is 27.5 Å². The second-order valence-electron chi connectivity index (χ2n) is 3.81. The molecule has 1 aromatic carbocycles. The predicted octanol–water partition coefficient (Wildman–Crippen LogP) is 2.78. The number of halogens is 2. The summed E-state index contributed by atoms with van der Waals surface area (Å²) in [6, 6.07) is 7.29. The minimum Gasteiger partial charge on any atom is -0.476 e. The van der Waals surface area contributed by atoms with E-state index in [0.717, 1.165) is 15.4 Å². The molecule has 5 nitrogen and oxygen atoms in total. The maximum Gasteiger partial charge on any atom is 0.356 e. The molecule has 0 bridgehead atoms. The number of carbonyl (C=O) groups is 1. The van der Waals surface area contributed by atoms with Crippen LogP contribution in [0.25, 0.3) is 16.6 Å². The average molecular weight is 344 g/mol. The van der Waals surface area contributed by atoms with Gasteiger partial charge in [0.1, 0.15) is 5.65 Å². The number of pyridine rings is 1. The monoisotopic (exact) mass is 342 g/mol. The van der Waals surface area contributed by atoms with Crippen LogP contribution in [0.4, 0.5) is 0 Å². The second-order valence-corrected chi connectivity index (χ2v) is 5.14. The number of carboxylic acid groups (broad SMARTS) is 1. The molecule has 7 heteroatoms. The van der Waals surface area contributed by atoms with Gasteiger partial charge in [0, 0.05) is 22.1 Å². The topological polar surface area (TPSA) is 86.1 Å². The lowest BCUT2D eigenvalue weighted by Gasteiger charge is -2.04. The molecule has 0 unspecified atom stereocenters. The summed E-state index contributed by atoms with van der Waals surface area (Å²) >= 11 is 9.55. The molecule has 98 valence electrons. The number of rotatable bonds is 1. The molecular formula is C12H8BrClN2O3. The Morgan fingerprint density at radius 2 is 2.11 bits per heavy atom. The van der Waals surface area contributed by atoms with Crippen molar-refractivity contribution in [3.05, 3.63) is 45.7 Å². The number of carboxylic acids is 1. The first-order chi connectivity index (χ1) is 8.56. The largest absolute Gasteiger partial charge is 0.476 e. The summed E-state index contributed by atoms with van der Waals surface area (Å²) in [6.45, 7) is 0. The van der Waals surface area contributed by atoms with Crippen molar-refractivity contribution in [3.8, 4) is 0 Å². The highest BCUT2D eigenvalue weighted by molar-refractivity contribution is 9.10. The van der Waals surface area contributed by atoms with Gasteiger partial charge >= 0.3 is 5.97 Å². The molecular weight excluding hydrogens is 336 g/mol. The lowest BCUT2D eigenvalue weighted by Crippen LogP contribution is -1.94. The number of benzene rings is 1. The molecule has 0 amide bonds. The zero-order valence-electron chi connectivity index (χ0n) is 9.39. The number of aromatic carboxylic acids is 1. The van der Waals surface area contributed by atoms with Crippen LogP contribution in [0.2, 0.25) is 5.02 Å². The Kier molecular flexibility index (Phi) is 3.49. The van der Waals surface area contributed by atoms with Crippen molar-refractivity contribution < 1.29 is 15.4 Å². The maximum atomic E-state index is 10.9. The van der Waals surface area contributed by atoms with Gasteiger partial charge in [0.2, 0.25) is 0 Å². The van der Waals surface area contributed by atoms with Crippen molar-refractivity contribution in [1.82, 2.24) is 9.38 Å². The summed E-state index contributed by atoms with van der Waals surface area (Å²) in [5.41, 5.74) is 1.33. The molecule has 3 rings (SSSR count). The summed E-state index contributed by atoms with van der Waals surface area (Å²) in [7, 11) is 0. The minimum absolute atomic E-state index is 0. The van der Waals surface area contributed by atoms with E-state index < -0.39 is 5.97 Å². The van der Waals surface area contributed by atoms with Crippen molar-refractivity contribution in [2.75, 3.05) is 0 Å². The van der Waals surface area contributed by atoms with Crippen LogP contribution in [-0.2, 0) is 0 Å². The van der Waals surface area contributed by atoms with Crippen molar-refractivity contribution >= 4 is 50.1 Å². The molecule has 3 aromatic rings. The summed E-state index contributed by atoms with van der Waals surface area (Å²) in [4.78, 5) is 15.0. The molecule has 2 aromatic heterocycles. The third-order valence-electron chi connectivity index (χ3n) is 2.68. The van der Waals surface area contributed by atoms with Crippen molar-refractivity contribution in [2.24, 2.45) is 0 Å². The fraction of sp³-hybridized carbons (Fsp3) is 0. The normalized spacial score (nSPS) is 10.6. The summed E-state index contributed by atoms with van der Waals surface area (Å²) in [5, 5.41) is 10.4. The van der Waals surface area contributed by atoms with E-state index >= 15 is 0 Å². The molecule has 0 saturated carbocycles. The predicted molar refractivity (Wildman–Crippen MR) is 76.0 cm³/mol. The number of nitrogens with zero attached hydrogens (tertiary/aromatic N) is 2. The van der Waals surface area contributed by atoms with E-state index in [1.165, 1.54) is 6.20 Å². The van der Waals surface area contributed by atoms with Gasteiger partial charge in [0.25, 0.3) is 0 Å². The Morgan fingerprint density at radius 3 is 2.79 bits per heavy atom. The smallest absolute Gasteiger partial charge is 0.356 e. The van der Waals surface area contributed by atoms with Crippen molar-refractivity contribution in [1.29, 1.82) is 0 Å². The van der Waals surface area contributed by atoms with Gasteiger partial charge in [0.05, 0.1) is 10.5 Å². The van der Waals surface area contributed by atoms with Crippen LogP contribution in [0.1, 0.15) is 10.5 Å². The zero-order valence-corrected chi connectivity index (χ0v) is 11.7. The number of fused-ring (bicyclic) bond motifs is 3. The zero-order chi connectivity index (χ0) is 12.9. The molecule has 0 radical (unpaired) electrons. The number of hydrogen-bond acceptors (Lipinski definition) is 2. The van der Waals surface area contributed by atoms with E-state index in [1.54, 1.807) is 10.5 Å². The molecule has 0 fully saturated rings. The van der Waals surface area contributed by atoms with Crippen LogP contribution in [0.3, 0.4) is 0 Å². The Bertz CT molecular complexity index is 800. The van der Waals surface area contributed by atoms with E-state index in [0.29, 0.717) is 10.7 Å². The van der Waals surface area contributed by atoms with Gasteiger partial charge < -0.3 is 10.6 Å². The maximum absolute atomic E-state index is 10.9. The van der Waals surface area contributed by atoms with Crippen molar-refractivity contribution in [2.45, 2.75) is 0 Å². The number of aromatic nitrogens is 2. The summed E-state index contributed by atoms with van der Waals surface area (Å²) < 4.78 is 2.61. The fourth-order valence-electron chi connectivity index (χ4n) is 1.89. The Balaban J connectivity index is 0.00000133. The molecule has 0 aliphatic carbocycles. The van der Waals surface area contributed by atoms with Gasteiger partial charge in [-0.25, -0.2) is 9.78 Å². The molecule has 3 N–H and O–H groups in total. The number of imidazole rings is 1. The van der Waals surface area contributed by atoms with E-state index in [1.807, 2.05) is 18.2 Å².